The molecule has 1 aromatic heterocycles. The van der Waals surface area contributed by atoms with E-state index in [0.29, 0.717) is 12.0 Å². The highest BCUT2D eigenvalue weighted by Gasteiger charge is 2.48. The summed E-state index contributed by atoms with van der Waals surface area (Å²) in [6, 6.07) is 2.70. The lowest BCUT2D eigenvalue weighted by molar-refractivity contribution is -0.0541. The Morgan fingerprint density at radius 2 is 2.10 bits per heavy atom. The van der Waals surface area contributed by atoms with Crippen LogP contribution in [0.5, 0.6) is 0 Å². The molecule has 4 rings (SSSR count). The van der Waals surface area contributed by atoms with Gasteiger partial charge in [-0.25, -0.2) is 4.98 Å². The molecule has 29 heavy (non-hydrogen) atoms. The lowest BCUT2D eigenvalue weighted by atomic mass is 9.62. The maximum Gasteiger partial charge on any atom is 0.227 e. The quantitative estimate of drug-likeness (QED) is 0.722. The van der Waals surface area contributed by atoms with Gasteiger partial charge in [0, 0.05) is 64.5 Å². The maximum absolute atomic E-state index is 5.78. The zero-order valence-electron chi connectivity index (χ0n) is 18.3. The van der Waals surface area contributed by atoms with Gasteiger partial charge in [-0.15, -0.1) is 0 Å². The molecule has 0 radical (unpaired) electrons. The zero-order chi connectivity index (χ0) is 20.3. The fourth-order valence-electron chi connectivity index (χ4n) is 5.59. The van der Waals surface area contributed by atoms with Gasteiger partial charge in [-0.2, -0.15) is 4.98 Å². The molecule has 1 aliphatic carbocycles. The Labute approximate surface area is 175 Å². The molecular formula is C22H37N5O2. The molecule has 0 aromatic carbocycles. The molecule has 3 atom stereocenters. The van der Waals surface area contributed by atoms with Gasteiger partial charge in [0.05, 0.1) is 19.8 Å². The number of rotatable bonds is 6. The van der Waals surface area contributed by atoms with Crippen molar-refractivity contribution in [3.05, 3.63) is 12.3 Å². The Bertz CT molecular complexity index is 668. The first-order valence-corrected chi connectivity index (χ1v) is 11.2. The summed E-state index contributed by atoms with van der Waals surface area (Å²) in [6.45, 7) is 9.90. The Morgan fingerprint density at radius 1 is 1.28 bits per heavy atom. The second-order valence-electron chi connectivity index (χ2n) is 9.01. The molecule has 2 saturated heterocycles. The van der Waals surface area contributed by atoms with Crippen molar-refractivity contribution < 1.29 is 9.47 Å². The van der Waals surface area contributed by atoms with Crippen molar-refractivity contribution in [2.75, 3.05) is 76.5 Å². The number of ether oxygens (including phenoxy) is 2. The molecule has 2 aliphatic heterocycles. The Kier molecular flexibility index (Phi) is 6.56. The van der Waals surface area contributed by atoms with Crippen molar-refractivity contribution >= 4 is 11.8 Å². The minimum Gasteiger partial charge on any atom is -0.384 e. The van der Waals surface area contributed by atoms with Crippen molar-refractivity contribution in [3.63, 3.8) is 0 Å². The van der Waals surface area contributed by atoms with Crippen LogP contribution in [0.25, 0.3) is 0 Å². The predicted molar refractivity (Wildman–Crippen MR) is 116 cm³/mol. The number of fused-ring (bicyclic) bond motifs is 1. The van der Waals surface area contributed by atoms with Crippen molar-refractivity contribution in [1.82, 2.24) is 14.9 Å². The predicted octanol–water partition coefficient (Wildman–Crippen LogP) is 2.28. The smallest absolute Gasteiger partial charge is 0.227 e. The fourth-order valence-corrected chi connectivity index (χ4v) is 5.59. The normalized spacial score (nSPS) is 30.8. The third kappa shape index (κ3) is 4.37. The van der Waals surface area contributed by atoms with E-state index in [2.05, 4.69) is 33.7 Å². The first kappa shape index (κ1) is 20.8. The molecule has 162 valence electrons. The molecule has 0 N–H and O–H groups in total. The highest BCUT2D eigenvalue weighted by atomic mass is 16.5. The summed E-state index contributed by atoms with van der Waals surface area (Å²) in [4.78, 5) is 16.7. The highest BCUT2D eigenvalue weighted by Crippen LogP contribution is 2.48. The number of aromatic nitrogens is 2. The second-order valence-corrected chi connectivity index (χ2v) is 9.01. The molecule has 0 spiro atoms. The van der Waals surface area contributed by atoms with E-state index in [9.17, 15) is 0 Å². The van der Waals surface area contributed by atoms with Crippen molar-refractivity contribution in [2.45, 2.75) is 38.6 Å². The Balaban J connectivity index is 1.48. The molecular weight excluding hydrogens is 366 g/mol. The van der Waals surface area contributed by atoms with Crippen LogP contribution in [0.15, 0.2) is 12.3 Å². The molecule has 7 heteroatoms. The molecule has 1 aromatic rings. The van der Waals surface area contributed by atoms with Crippen molar-refractivity contribution in [2.24, 2.45) is 11.3 Å². The van der Waals surface area contributed by atoms with Crippen LogP contribution < -0.4 is 9.80 Å². The molecule has 2 unspecified atom stereocenters. The topological polar surface area (TPSA) is 54.0 Å². The summed E-state index contributed by atoms with van der Waals surface area (Å²) < 4.78 is 11.3. The Morgan fingerprint density at radius 3 is 2.86 bits per heavy atom. The summed E-state index contributed by atoms with van der Waals surface area (Å²) in [6.07, 6.45) is 6.86. The minimum absolute atomic E-state index is 0.214. The summed E-state index contributed by atoms with van der Waals surface area (Å²) in [5, 5.41) is 0. The summed E-state index contributed by atoms with van der Waals surface area (Å²) in [5.74, 6) is 2.57. The maximum atomic E-state index is 5.78. The first-order chi connectivity index (χ1) is 14.1. The van der Waals surface area contributed by atoms with Crippen LogP contribution in [-0.2, 0) is 9.47 Å². The van der Waals surface area contributed by atoms with E-state index in [4.69, 9.17) is 14.5 Å². The number of hydrogen-bond donors (Lipinski definition) is 0. The first-order valence-electron chi connectivity index (χ1n) is 11.2. The van der Waals surface area contributed by atoms with Gasteiger partial charge in [-0.1, -0.05) is 0 Å². The van der Waals surface area contributed by atoms with E-state index in [1.54, 1.807) is 0 Å². The summed E-state index contributed by atoms with van der Waals surface area (Å²) in [7, 11) is 3.93. The van der Waals surface area contributed by atoms with E-state index >= 15 is 0 Å². The van der Waals surface area contributed by atoms with Crippen LogP contribution in [-0.4, -0.2) is 87.6 Å². The van der Waals surface area contributed by atoms with Crippen LogP contribution in [0, 0.1) is 11.3 Å². The van der Waals surface area contributed by atoms with E-state index in [1.807, 2.05) is 19.4 Å². The Hall–Kier alpha value is -1.44. The highest BCUT2D eigenvalue weighted by molar-refractivity contribution is 5.43. The molecule has 3 aliphatic rings. The SMILES string of the molecule is CCN(C)c1ccnc(N2CCC3CC(N4CCOCC4)CC[C@@]3(COC)C2)n1. The molecule has 3 heterocycles. The lowest BCUT2D eigenvalue weighted by Crippen LogP contribution is -2.57. The van der Waals surface area contributed by atoms with Crippen LogP contribution in [0.2, 0.25) is 0 Å². The molecule has 0 bridgehead atoms. The molecule has 1 saturated carbocycles. The van der Waals surface area contributed by atoms with Gasteiger partial charge in [0.1, 0.15) is 5.82 Å². The molecule has 3 fully saturated rings. The van der Waals surface area contributed by atoms with Gasteiger partial charge in [-0.3, -0.25) is 4.90 Å². The molecule has 7 nitrogen and oxygen atoms in total. The number of nitrogens with zero attached hydrogens (tertiary/aromatic N) is 5. The van der Waals surface area contributed by atoms with Gasteiger partial charge in [0.25, 0.3) is 0 Å². The summed E-state index contributed by atoms with van der Waals surface area (Å²) in [5.41, 5.74) is 0.214. The third-order valence-corrected chi connectivity index (χ3v) is 7.42. The van der Waals surface area contributed by atoms with E-state index in [0.717, 1.165) is 64.3 Å². The van der Waals surface area contributed by atoms with Crippen LogP contribution in [0.1, 0.15) is 32.6 Å². The van der Waals surface area contributed by atoms with Crippen LogP contribution >= 0.6 is 0 Å². The van der Waals surface area contributed by atoms with Crippen molar-refractivity contribution in [3.8, 4) is 0 Å². The number of methoxy groups -OCH3 is 1. The third-order valence-electron chi connectivity index (χ3n) is 7.42. The van der Waals surface area contributed by atoms with Gasteiger partial charge < -0.3 is 19.3 Å². The number of anilines is 2. The zero-order valence-corrected chi connectivity index (χ0v) is 18.3. The van der Waals surface area contributed by atoms with E-state index in [1.165, 1.54) is 25.7 Å². The average Bonchev–Trinajstić information content (AvgIpc) is 2.78. The van der Waals surface area contributed by atoms with Gasteiger partial charge in [0.15, 0.2) is 0 Å². The second kappa shape index (κ2) is 9.14. The minimum atomic E-state index is 0.214. The van der Waals surface area contributed by atoms with Crippen molar-refractivity contribution in [1.29, 1.82) is 0 Å². The average molecular weight is 404 g/mol. The van der Waals surface area contributed by atoms with E-state index < -0.39 is 0 Å². The van der Waals surface area contributed by atoms with Gasteiger partial charge in [-0.05, 0) is 44.6 Å². The van der Waals surface area contributed by atoms with Gasteiger partial charge >= 0.3 is 0 Å². The van der Waals surface area contributed by atoms with E-state index in [-0.39, 0.29) is 5.41 Å². The van der Waals surface area contributed by atoms with Gasteiger partial charge in [0.2, 0.25) is 5.95 Å². The largest absolute Gasteiger partial charge is 0.384 e. The van der Waals surface area contributed by atoms with Crippen LogP contribution in [0.3, 0.4) is 0 Å². The summed E-state index contributed by atoms with van der Waals surface area (Å²) >= 11 is 0. The number of hydrogen-bond acceptors (Lipinski definition) is 7. The van der Waals surface area contributed by atoms with Crippen LogP contribution in [0.4, 0.5) is 11.8 Å². The lowest BCUT2D eigenvalue weighted by Gasteiger charge is -2.54. The standard InChI is InChI=1S/C22H37N5O2/c1-4-25(2)20-6-9-23-21(24-20)27-10-7-18-15-19(26-11-13-29-14-12-26)5-8-22(18,16-27)17-28-3/h6,9,18-19H,4-5,7-8,10-17H2,1-3H3/t18?,19?,22-/m0/s1. The number of morpholine rings is 1. The molecule has 0 amide bonds. The number of piperidine rings is 1. The fraction of sp³-hybridized carbons (Fsp3) is 0.818. The monoisotopic (exact) mass is 403 g/mol.